The topological polar surface area (TPSA) is 101 Å². The van der Waals surface area contributed by atoms with Gasteiger partial charge in [-0.15, -0.1) is 0 Å². The number of aromatic nitrogens is 1. The van der Waals surface area contributed by atoms with Crippen LogP contribution in [0.4, 0.5) is 10.1 Å². The van der Waals surface area contributed by atoms with Crippen molar-refractivity contribution in [3.8, 4) is 0 Å². The smallest absolute Gasteiger partial charge is 0.341 e. The third-order valence-electron chi connectivity index (χ3n) is 6.54. The van der Waals surface area contributed by atoms with Crippen LogP contribution in [0, 0.1) is 0 Å². The Labute approximate surface area is 185 Å². The number of pyridine rings is 1. The van der Waals surface area contributed by atoms with Crippen molar-refractivity contribution in [1.29, 1.82) is 0 Å². The molecule has 0 aliphatic carbocycles. The first-order chi connectivity index (χ1) is 15.3. The van der Waals surface area contributed by atoms with Crippen molar-refractivity contribution in [3.63, 3.8) is 0 Å². The van der Waals surface area contributed by atoms with Gasteiger partial charge in [0.15, 0.2) is 0 Å². The molecule has 32 heavy (non-hydrogen) atoms. The van der Waals surface area contributed by atoms with Gasteiger partial charge in [0.05, 0.1) is 5.52 Å². The lowest BCUT2D eigenvalue weighted by Gasteiger charge is -2.37. The quantitative estimate of drug-likeness (QED) is 0.658. The second-order valence-electron chi connectivity index (χ2n) is 8.50. The maximum absolute atomic E-state index is 14.1. The summed E-state index contributed by atoms with van der Waals surface area (Å²) in [4.78, 5) is 38.5. The lowest BCUT2D eigenvalue weighted by atomic mass is 9.93. The number of alkyl halides is 1. The van der Waals surface area contributed by atoms with Crippen LogP contribution in [0.2, 0.25) is 0 Å². The van der Waals surface area contributed by atoms with Crippen LogP contribution in [0.15, 0.2) is 17.1 Å². The van der Waals surface area contributed by atoms with E-state index >= 15 is 0 Å². The van der Waals surface area contributed by atoms with E-state index < -0.39 is 18.1 Å². The molecule has 1 atom stereocenters. The minimum absolute atomic E-state index is 0.184. The summed E-state index contributed by atoms with van der Waals surface area (Å²) in [5.74, 6) is -1.56. The summed E-state index contributed by atoms with van der Waals surface area (Å²) in [6.07, 6.45) is 3.97. The molecule has 2 N–H and O–H groups in total. The Morgan fingerprint density at radius 1 is 1.31 bits per heavy atom. The molecule has 2 aromatic rings. The number of ether oxygens (including phenoxy) is 1. The second kappa shape index (κ2) is 8.90. The Morgan fingerprint density at radius 2 is 2.03 bits per heavy atom. The van der Waals surface area contributed by atoms with E-state index in [0.717, 1.165) is 17.7 Å². The highest BCUT2D eigenvalue weighted by atomic mass is 19.1. The highest BCUT2D eigenvalue weighted by molar-refractivity contribution is 5.96. The number of rotatable bonds is 6. The highest BCUT2D eigenvalue weighted by Crippen LogP contribution is 2.37. The Morgan fingerprint density at radius 3 is 2.66 bits per heavy atom. The number of hydrogen-bond donors (Lipinski definition) is 2. The summed E-state index contributed by atoms with van der Waals surface area (Å²) < 4.78 is 21.6. The molecular weight excluding hydrogens is 417 g/mol. The number of aryl methyl sites for hydroxylation is 2. The summed E-state index contributed by atoms with van der Waals surface area (Å²) in [5, 5.41) is 12.6. The fourth-order valence-corrected chi connectivity index (χ4v) is 4.77. The molecule has 1 saturated heterocycles. The third kappa shape index (κ3) is 3.85. The number of nitrogens with one attached hydrogen (secondary N) is 1. The zero-order chi connectivity index (χ0) is 23.0. The number of nitrogens with zero attached hydrogens (tertiary/aromatic N) is 2. The van der Waals surface area contributed by atoms with Crippen LogP contribution in [0.3, 0.4) is 0 Å². The van der Waals surface area contributed by atoms with Crippen molar-refractivity contribution in [2.24, 2.45) is 0 Å². The standard InChI is InChI=1S/C23H28FN3O5/c1-13(25-2)23(31)32-15-5-8-26(9-6-15)19-14(11-24)10-17-20-16(19)4-3-7-27(20)12-18(21(17)28)22(29)30/h10,12-13,15,25H,3-9,11H2,1-2H3,(H,29,30)/t13-/m0/s1. The third-order valence-corrected chi connectivity index (χ3v) is 6.54. The Kier molecular flexibility index (Phi) is 6.19. The molecule has 1 aromatic carbocycles. The van der Waals surface area contributed by atoms with Gasteiger partial charge in [0.2, 0.25) is 5.43 Å². The number of carbonyl (C=O) groups is 2. The van der Waals surface area contributed by atoms with Crippen LogP contribution in [-0.2, 0) is 29.2 Å². The summed E-state index contributed by atoms with van der Waals surface area (Å²) in [6.45, 7) is 2.83. The van der Waals surface area contributed by atoms with Crippen LogP contribution >= 0.6 is 0 Å². The van der Waals surface area contributed by atoms with Crippen LogP contribution in [0.25, 0.3) is 10.9 Å². The lowest BCUT2D eigenvalue weighted by Crippen LogP contribution is -2.41. The van der Waals surface area contributed by atoms with Gasteiger partial charge in [-0.2, -0.15) is 0 Å². The van der Waals surface area contributed by atoms with Crippen LogP contribution < -0.4 is 15.6 Å². The molecular formula is C23H28FN3O5. The van der Waals surface area contributed by atoms with Crippen LogP contribution in [0.5, 0.6) is 0 Å². The van der Waals surface area contributed by atoms with Gasteiger partial charge in [0.25, 0.3) is 0 Å². The van der Waals surface area contributed by atoms with Crippen LogP contribution in [-0.4, -0.2) is 53.9 Å². The van der Waals surface area contributed by atoms with Crippen molar-refractivity contribution < 1.29 is 23.8 Å². The van der Waals surface area contributed by atoms with Crippen molar-refractivity contribution in [1.82, 2.24) is 9.88 Å². The molecule has 3 heterocycles. The SMILES string of the molecule is CN[C@@H](C)C(=O)OC1CCN(c2c(CF)cc3c(=O)c(C(=O)O)cn4c3c2CCC4)CC1. The average molecular weight is 445 g/mol. The minimum atomic E-state index is -1.28. The Hall–Kier alpha value is -2.94. The van der Waals surface area contributed by atoms with E-state index in [1.54, 1.807) is 14.0 Å². The predicted octanol–water partition coefficient (Wildman–Crippen LogP) is 2.24. The summed E-state index contributed by atoms with van der Waals surface area (Å²) >= 11 is 0. The molecule has 2 aliphatic rings. The molecule has 4 rings (SSSR count). The lowest BCUT2D eigenvalue weighted by molar-refractivity contribution is -0.151. The summed E-state index contributed by atoms with van der Waals surface area (Å²) in [5.41, 5.74) is 1.94. The van der Waals surface area contributed by atoms with Crippen LogP contribution in [0.1, 0.15) is 47.7 Å². The molecule has 2 aliphatic heterocycles. The Balaban J connectivity index is 1.69. The van der Waals surface area contributed by atoms with E-state index in [1.807, 2.05) is 4.57 Å². The van der Waals surface area contributed by atoms with E-state index in [2.05, 4.69) is 10.2 Å². The van der Waals surface area contributed by atoms with Crippen molar-refractivity contribution in [2.45, 2.75) is 58.0 Å². The van der Waals surface area contributed by atoms with E-state index in [-0.39, 0.29) is 29.1 Å². The fraction of sp³-hybridized carbons (Fsp3) is 0.522. The Bertz CT molecular complexity index is 1120. The van der Waals surface area contributed by atoms with E-state index in [1.165, 1.54) is 12.3 Å². The first kappa shape index (κ1) is 22.3. The largest absolute Gasteiger partial charge is 0.477 e. The molecule has 0 spiro atoms. The number of carboxylic acid groups (broad SMARTS) is 1. The number of hydrogen-bond acceptors (Lipinski definition) is 6. The number of anilines is 1. The first-order valence-electron chi connectivity index (χ1n) is 11.0. The molecule has 0 bridgehead atoms. The number of halogens is 1. The van der Waals surface area contributed by atoms with Crippen molar-refractivity contribution >= 4 is 28.5 Å². The monoisotopic (exact) mass is 445 g/mol. The van der Waals surface area contributed by atoms with Gasteiger partial charge < -0.3 is 24.6 Å². The molecule has 0 amide bonds. The van der Waals surface area contributed by atoms with Gasteiger partial charge in [-0.1, -0.05) is 0 Å². The number of benzene rings is 1. The summed E-state index contributed by atoms with van der Waals surface area (Å²) in [7, 11) is 1.71. The molecule has 9 heteroatoms. The molecule has 172 valence electrons. The molecule has 0 saturated carbocycles. The van der Waals surface area contributed by atoms with Gasteiger partial charge in [-0.25, -0.2) is 9.18 Å². The first-order valence-corrected chi connectivity index (χ1v) is 11.0. The maximum atomic E-state index is 14.1. The number of piperidine rings is 1. The number of esters is 1. The molecule has 0 radical (unpaired) electrons. The maximum Gasteiger partial charge on any atom is 0.341 e. The predicted molar refractivity (Wildman–Crippen MR) is 118 cm³/mol. The number of likely N-dealkylation sites (N-methyl/N-ethyl adjacent to an activating group) is 1. The van der Waals surface area contributed by atoms with E-state index in [9.17, 15) is 23.9 Å². The fourth-order valence-electron chi connectivity index (χ4n) is 4.77. The average Bonchev–Trinajstić information content (AvgIpc) is 2.80. The van der Waals surface area contributed by atoms with Gasteiger partial charge >= 0.3 is 11.9 Å². The second-order valence-corrected chi connectivity index (χ2v) is 8.50. The van der Waals surface area contributed by atoms with Gasteiger partial charge in [-0.3, -0.25) is 9.59 Å². The molecule has 1 fully saturated rings. The number of carboxylic acids is 1. The zero-order valence-electron chi connectivity index (χ0n) is 18.3. The van der Waals surface area contributed by atoms with Gasteiger partial charge in [0.1, 0.15) is 24.4 Å². The van der Waals surface area contributed by atoms with E-state index in [4.69, 9.17) is 4.74 Å². The normalized spacial score (nSPS) is 17.4. The van der Waals surface area contributed by atoms with Crippen molar-refractivity contribution in [3.05, 3.63) is 39.2 Å². The molecule has 8 nitrogen and oxygen atoms in total. The highest BCUT2D eigenvalue weighted by Gasteiger charge is 2.30. The summed E-state index contributed by atoms with van der Waals surface area (Å²) in [6, 6.07) is 1.15. The zero-order valence-corrected chi connectivity index (χ0v) is 18.3. The molecule has 0 unspecified atom stereocenters. The number of aromatic carboxylic acids is 1. The van der Waals surface area contributed by atoms with Crippen molar-refractivity contribution in [2.75, 3.05) is 25.0 Å². The number of carbonyl (C=O) groups excluding carboxylic acids is 1. The van der Waals surface area contributed by atoms with Gasteiger partial charge in [-0.05, 0) is 32.9 Å². The van der Waals surface area contributed by atoms with E-state index in [0.29, 0.717) is 50.0 Å². The minimum Gasteiger partial charge on any atom is -0.477 e. The molecule has 1 aromatic heterocycles. The van der Waals surface area contributed by atoms with Gasteiger partial charge in [0, 0.05) is 60.9 Å².